The number of anilines is 1. The summed E-state index contributed by atoms with van der Waals surface area (Å²) in [4.78, 5) is 31.3. The van der Waals surface area contributed by atoms with Gasteiger partial charge in [-0.05, 0) is 38.1 Å². The molecule has 0 aliphatic heterocycles. The largest absolute Gasteiger partial charge is 0.322 e. The maximum absolute atomic E-state index is 13.8. The molecular weight excluding hydrogens is 347 g/mol. The summed E-state index contributed by atoms with van der Waals surface area (Å²) in [5.74, 6) is -0.0337. The molecule has 1 N–H and O–H groups in total. The number of benzene rings is 2. The number of rotatable bonds is 4. The molecule has 3 aromatic rings. The Morgan fingerprint density at radius 1 is 1.22 bits per heavy atom. The van der Waals surface area contributed by atoms with Crippen LogP contribution in [0.5, 0.6) is 0 Å². The number of hydrogen-bond acceptors (Lipinski definition) is 3. The van der Waals surface area contributed by atoms with Crippen LogP contribution in [0.25, 0.3) is 10.9 Å². The Hall–Kier alpha value is -3.22. The topological polar surface area (TPSA) is 67.2 Å². The number of carbonyl (C=O) groups is 1. The van der Waals surface area contributed by atoms with Crippen LogP contribution in [0.1, 0.15) is 25.7 Å². The maximum atomic E-state index is 13.8. The van der Waals surface area contributed by atoms with Crippen molar-refractivity contribution in [3.63, 3.8) is 0 Å². The van der Waals surface area contributed by atoms with Crippen LogP contribution < -0.4 is 10.9 Å². The SMILES string of the molecule is CCn1c(C(C)N(C)C(=O)Nc2ccccc2F)nc2ccccc2c1=O. The van der Waals surface area contributed by atoms with Gasteiger partial charge in [-0.1, -0.05) is 24.3 Å². The molecule has 0 spiro atoms. The highest BCUT2D eigenvalue weighted by Gasteiger charge is 2.23. The molecule has 0 fully saturated rings. The highest BCUT2D eigenvalue weighted by molar-refractivity contribution is 5.89. The van der Waals surface area contributed by atoms with E-state index >= 15 is 0 Å². The number of hydrogen-bond donors (Lipinski definition) is 1. The number of aromatic nitrogens is 2. The average molecular weight is 368 g/mol. The molecule has 1 atom stereocenters. The van der Waals surface area contributed by atoms with Gasteiger partial charge in [0.2, 0.25) is 0 Å². The van der Waals surface area contributed by atoms with Crippen molar-refractivity contribution in [2.75, 3.05) is 12.4 Å². The third-order valence-electron chi connectivity index (χ3n) is 4.60. The van der Waals surface area contributed by atoms with Crippen LogP contribution in [-0.4, -0.2) is 27.5 Å². The van der Waals surface area contributed by atoms with Gasteiger partial charge in [0.15, 0.2) is 0 Å². The van der Waals surface area contributed by atoms with Crippen LogP contribution in [0.2, 0.25) is 0 Å². The van der Waals surface area contributed by atoms with Crippen LogP contribution in [-0.2, 0) is 6.54 Å². The Morgan fingerprint density at radius 3 is 2.59 bits per heavy atom. The van der Waals surface area contributed by atoms with E-state index in [2.05, 4.69) is 10.3 Å². The first-order valence-electron chi connectivity index (χ1n) is 8.71. The summed E-state index contributed by atoms with van der Waals surface area (Å²) in [7, 11) is 1.59. The zero-order valence-corrected chi connectivity index (χ0v) is 15.4. The molecule has 2 aromatic carbocycles. The van der Waals surface area contributed by atoms with E-state index in [1.54, 1.807) is 48.9 Å². The van der Waals surface area contributed by atoms with E-state index < -0.39 is 17.9 Å². The zero-order chi connectivity index (χ0) is 19.6. The Kier molecular flexibility index (Phi) is 5.21. The summed E-state index contributed by atoms with van der Waals surface area (Å²) >= 11 is 0. The summed E-state index contributed by atoms with van der Waals surface area (Å²) in [6.45, 7) is 4.07. The quantitative estimate of drug-likeness (QED) is 0.762. The fourth-order valence-corrected chi connectivity index (χ4v) is 2.92. The molecule has 6 nitrogen and oxygen atoms in total. The molecule has 3 rings (SSSR count). The van der Waals surface area contributed by atoms with Gasteiger partial charge in [-0.2, -0.15) is 0 Å². The van der Waals surface area contributed by atoms with Gasteiger partial charge in [0.05, 0.1) is 22.6 Å². The minimum atomic E-state index is -0.513. The molecule has 2 amide bonds. The summed E-state index contributed by atoms with van der Waals surface area (Å²) in [6, 6.07) is 12.1. The predicted molar refractivity (Wildman–Crippen MR) is 103 cm³/mol. The van der Waals surface area contributed by atoms with Crippen LogP contribution in [0.3, 0.4) is 0 Å². The number of carbonyl (C=O) groups excluding carboxylic acids is 1. The molecule has 0 aliphatic carbocycles. The van der Waals surface area contributed by atoms with Crippen molar-refractivity contribution < 1.29 is 9.18 Å². The van der Waals surface area contributed by atoms with Gasteiger partial charge >= 0.3 is 6.03 Å². The molecule has 1 heterocycles. The maximum Gasteiger partial charge on any atom is 0.322 e. The number of para-hydroxylation sites is 2. The molecule has 1 aromatic heterocycles. The van der Waals surface area contributed by atoms with Crippen LogP contribution in [0.4, 0.5) is 14.9 Å². The van der Waals surface area contributed by atoms with E-state index in [1.165, 1.54) is 17.0 Å². The minimum absolute atomic E-state index is 0.0981. The van der Waals surface area contributed by atoms with Gasteiger partial charge in [-0.25, -0.2) is 14.2 Å². The highest BCUT2D eigenvalue weighted by atomic mass is 19.1. The van der Waals surface area contributed by atoms with Crippen molar-refractivity contribution in [1.82, 2.24) is 14.5 Å². The Labute approximate surface area is 156 Å². The van der Waals surface area contributed by atoms with E-state index in [0.717, 1.165) is 0 Å². The molecular formula is C20H21FN4O2. The lowest BCUT2D eigenvalue weighted by Gasteiger charge is -2.27. The summed E-state index contributed by atoms with van der Waals surface area (Å²) in [5.41, 5.74) is 0.533. The van der Waals surface area contributed by atoms with Gasteiger partial charge in [-0.15, -0.1) is 0 Å². The molecule has 0 radical (unpaired) electrons. The Balaban J connectivity index is 1.95. The van der Waals surface area contributed by atoms with E-state index in [0.29, 0.717) is 23.3 Å². The fourth-order valence-electron chi connectivity index (χ4n) is 2.92. The van der Waals surface area contributed by atoms with Gasteiger partial charge < -0.3 is 10.2 Å². The molecule has 0 saturated heterocycles. The van der Waals surface area contributed by atoms with Crippen molar-refractivity contribution in [2.45, 2.75) is 26.4 Å². The number of nitrogens with zero attached hydrogens (tertiary/aromatic N) is 3. The van der Waals surface area contributed by atoms with Crippen LogP contribution in [0, 0.1) is 5.82 Å². The summed E-state index contributed by atoms with van der Waals surface area (Å²) < 4.78 is 15.3. The predicted octanol–water partition coefficient (Wildman–Crippen LogP) is 3.78. The second-order valence-corrected chi connectivity index (χ2v) is 6.23. The molecule has 0 aliphatic rings. The molecule has 7 heteroatoms. The van der Waals surface area contributed by atoms with Crippen LogP contribution in [0.15, 0.2) is 53.3 Å². The second kappa shape index (κ2) is 7.57. The van der Waals surface area contributed by atoms with Crippen molar-refractivity contribution in [3.8, 4) is 0 Å². The average Bonchev–Trinajstić information content (AvgIpc) is 2.68. The van der Waals surface area contributed by atoms with Crippen molar-refractivity contribution >= 4 is 22.6 Å². The molecule has 1 unspecified atom stereocenters. The lowest BCUT2D eigenvalue weighted by molar-refractivity contribution is 0.204. The van der Waals surface area contributed by atoms with Crippen molar-refractivity contribution in [2.24, 2.45) is 0 Å². The second-order valence-electron chi connectivity index (χ2n) is 6.23. The smallest absolute Gasteiger partial charge is 0.318 e. The van der Waals surface area contributed by atoms with E-state index in [1.807, 2.05) is 13.0 Å². The number of halogens is 1. The third-order valence-corrected chi connectivity index (χ3v) is 4.60. The van der Waals surface area contributed by atoms with Gasteiger partial charge in [0.25, 0.3) is 5.56 Å². The first-order valence-corrected chi connectivity index (χ1v) is 8.71. The number of nitrogens with one attached hydrogen (secondary N) is 1. The van der Waals surface area contributed by atoms with Crippen LogP contribution >= 0.6 is 0 Å². The number of amides is 2. The highest BCUT2D eigenvalue weighted by Crippen LogP contribution is 2.20. The minimum Gasteiger partial charge on any atom is -0.318 e. The normalized spacial score (nSPS) is 12.0. The number of urea groups is 1. The standard InChI is InChI=1S/C20H21FN4O2/c1-4-25-18(22-16-11-7-5-9-14(16)19(25)26)13(2)24(3)20(27)23-17-12-8-6-10-15(17)21/h5-13H,4H2,1-3H3,(H,23,27). The fraction of sp³-hybridized carbons (Fsp3) is 0.250. The Bertz CT molecular complexity index is 1050. The molecule has 140 valence electrons. The molecule has 0 bridgehead atoms. The Morgan fingerprint density at radius 2 is 1.89 bits per heavy atom. The van der Waals surface area contributed by atoms with Crippen molar-refractivity contribution in [1.29, 1.82) is 0 Å². The van der Waals surface area contributed by atoms with E-state index in [9.17, 15) is 14.0 Å². The van der Waals surface area contributed by atoms with Gasteiger partial charge in [0, 0.05) is 13.6 Å². The third kappa shape index (κ3) is 3.53. The van der Waals surface area contributed by atoms with Crippen molar-refractivity contribution in [3.05, 3.63) is 70.5 Å². The summed E-state index contributed by atoms with van der Waals surface area (Å²) in [6.07, 6.45) is 0. The zero-order valence-electron chi connectivity index (χ0n) is 15.4. The monoisotopic (exact) mass is 368 g/mol. The lowest BCUT2D eigenvalue weighted by Crippen LogP contribution is -2.37. The first kappa shape index (κ1) is 18.6. The van der Waals surface area contributed by atoms with E-state index in [4.69, 9.17) is 0 Å². The molecule has 27 heavy (non-hydrogen) atoms. The summed E-state index contributed by atoms with van der Waals surface area (Å²) in [5, 5.41) is 3.08. The van der Waals surface area contributed by atoms with Gasteiger partial charge in [0.1, 0.15) is 11.6 Å². The lowest BCUT2D eigenvalue weighted by atomic mass is 10.2. The van der Waals surface area contributed by atoms with Gasteiger partial charge in [-0.3, -0.25) is 9.36 Å². The number of fused-ring (bicyclic) bond motifs is 1. The van der Waals surface area contributed by atoms with E-state index in [-0.39, 0.29) is 11.2 Å². The molecule has 0 saturated carbocycles. The first-order chi connectivity index (χ1) is 12.9.